The monoisotopic (exact) mass is 549 g/mol. The lowest BCUT2D eigenvalue weighted by Gasteiger charge is -2.30. The molecule has 8 nitrogen and oxygen atoms in total. The number of benzene rings is 1. The van der Waals surface area contributed by atoms with Crippen molar-refractivity contribution in [1.82, 2.24) is 25.2 Å². The predicted molar refractivity (Wildman–Crippen MR) is 143 cm³/mol. The molecule has 1 aliphatic heterocycles. The van der Waals surface area contributed by atoms with E-state index in [9.17, 15) is 13.2 Å². The van der Waals surface area contributed by atoms with Crippen LogP contribution in [0, 0.1) is 6.92 Å². The Morgan fingerprint density at radius 1 is 1.11 bits per heavy atom. The number of halogens is 4. The van der Waals surface area contributed by atoms with E-state index in [4.69, 9.17) is 27.1 Å². The molecule has 2 aliphatic rings. The number of aryl methyl sites for hydroxylation is 1. The maximum atomic E-state index is 14.1. The summed E-state index contributed by atoms with van der Waals surface area (Å²) in [5.41, 5.74) is 5.17. The molecule has 0 bridgehead atoms. The third-order valence-electron chi connectivity index (χ3n) is 7.27. The molecule has 1 saturated heterocycles. The molecule has 2 aromatic heterocycles. The minimum atomic E-state index is -4.64. The van der Waals surface area contributed by atoms with Gasteiger partial charge in [0.2, 0.25) is 0 Å². The number of anilines is 2. The number of nitrogen functional groups attached to an aromatic ring is 1. The van der Waals surface area contributed by atoms with Gasteiger partial charge < -0.3 is 25.6 Å². The van der Waals surface area contributed by atoms with E-state index in [1.54, 1.807) is 6.07 Å². The van der Waals surface area contributed by atoms with Crippen molar-refractivity contribution in [2.24, 2.45) is 0 Å². The summed E-state index contributed by atoms with van der Waals surface area (Å²) < 4.78 is 48.6. The Morgan fingerprint density at radius 3 is 2.53 bits per heavy atom. The van der Waals surface area contributed by atoms with E-state index in [-0.39, 0.29) is 45.8 Å². The lowest BCUT2D eigenvalue weighted by atomic mass is 9.99. The molecule has 2 atom stereocenters. The summed E-state index contributed by atoms with van der Waals surface area (Å²) in [7, 11) is 4.04. The van der Waals surface area contributed by atoms with Crippen LogP contribution in [0.5, 0.6) is 6.01 Å². The second-order valence-corrected chi connectivity index (χ2v) is 10.5. The highest BCUT2D eigenvalue weighted by Crippen LogP contribution is 2.43. The van der Waals surface area contributed by atoms with Gasteiger partial charge in [0.15, 0.2) is 0 Å². The first kappa shape index (κ1) is 26.7. The van der Waals surface area contributed by atoms with Crippen molar-refractivity contribution in [1.29, 1.82) is 0 Å². The summed E-state index contributed by atoms with van der Waals surface area (Å²) in [5, 5.41) is 4.07. The third-order valence-corrected chi connectivity index (χ3v) is 7.59. The molecule has 3 N–H and O–H groups in total. The van der Waals surface area contributed by atoms with Crippen LogP contribution >= 0.6 is 11.6 Å². The van der Waals surface area contributed by atoms with Crippen LogP contribution in [0.3, 0.4) is 0 Å². The highest BCUT2D eigenvalue weighted by Gasteiger charge is 2.37. The van der Waals surface area contributed by atoms with Gasteiger partial charge in [0, 0.05) is 43.2 Å². The first-order valence-corrected chi connectivity index (χ1v) is 13.1. The number of likely N-dealkylation sites (N-methyl/N-ethyl adjacent to an activating group) is 1. The number of ether oxygens (including phenoxy) is 1. The number of pyridine rings is 1. The SMILES string of the molecule is Cc1cc(N)nc(-c2cc3nc(OC4CCCC4N(C)C)nc(N4CCNCC4)c3cc2Cl)c1C(F)(F)F. The second kappa shape index (κ2) is 10.3. The molecule has 38 heavy (non-hydrogen) atoms. The summed E-state index contributed by atoms with van der Waals surface area (Å²) >= 11 is 6.64. The normalized spacial score (nSPS) is 20.5. The first-order chi connectivity index (χ1) is 18.0. The minimum absolute atomic E-state index is 0.0224. The minimum Gasteiger partial charge on any atom is -0.458 e. The molecule has 0 amide bonds. The Hall–Kier alpha value is -2.89. The van der Waals surface area contributed by atoms with Gasteiger partial charge in [-0.05, 0) is 64.0 Å². The topological polar surface area (TPSA) is 92.4 Å². The van der Waals surface area contributed by atoms with Gasteiger partial charge in [-0.1, -0.05) is 11.6 Å². The van der Waals surface area contributed by atoms with E-state index in [1.165, 1.54) is 19.1 Å². The zero-order chi connectivity index (χ0) is 27.2. The van der Waals surface area contributed by atoms with Gasteiger partial charge in [-0.2, -0.15) is 23.1 Å². The van der Waals surface area contributed by atoms with Crippen LogP contribution < -0.4 is 20.7 Å². The maximum Gasteiger partial charge on any atom is 0.418 e. The molecule has 2 unspecified atom stereocenters. The Labute approximate surface area is 224 Å². The van der Waals surface area contributed by atoms with Crippen LogP contribution in [-0.4, -0.2) is 72.3 Å². The number of alkyl halides is 3. The fraction of sp³-hybridized carbons (Fsp3) is 0.500. The quantitative estimate of drug-likeness (QED) is 0.480. The molecule has 5 rings (SSSR count). The van der Waals surface area contributed by atoms with Crippen molar-refractivity contribution < 1.29 is 17.9 Å². The molecule has 1 saturated carbocycles. The molecule has 2 fully saturated rings. The summed E-state index contributed by atoms with van der Waals surface area (Å²) in [4.78, 5) is 17.8. The largest absolute Gasteiger partial charge is 0.458 e. The van der Waals surface area contributed by atoms with Crippen molar-refractivity contribution >= 4 is 34.1 Å². The van der Waals surface area contributed by atoms with Crippen LogP contribution in [-0.2, 0) is 6.18 Å². The van der Waals surface area contributed by atoms with E-state index in [0.717, 1.165) is 32.4 Å². The summed E-state index contributed by atoms with van der Waals surface area (Å²) in [5.74, 6) is 0.623. The summed E-state index contributed by atoms with van der Waals surface area (Å²) in [6.07, 6.45) is -1.81. The van der Waals surface area contributed by atoms with E-state index in [2.05, 4.69) is 25.1 Å². The fourth-order valence-corrected chi connectivity index (χ4v) is 5.74. The van der Waals surface area contributed by atoms with E-state index < -0.39 is 11.7 Å². The third kappa shape index (κ3) is 5.19. The van der Waals surface area contributed by atoms with Gasteiger partial charge in [0.1, 0.15) is 17.7 Å². The molecule has 0 spiro atoms. The van der Waals surface area contributed by atoms with Crippen molar-refractivity contribution in [2.45, 2.75) is 44.5 Å². The van der Waals surface area contributed by atoms with Crippen molar-refractivity contribution in [2.75, 3.05) is 50.9 Å². The molecular weight excluding hydrogens is 519 g/mol. The van der Waals surface area contributed by atoms with E-state index >= 15 is 0 Å². The number of rotatable bonds is 5. The van der Waals surface area contributed by atoms with Crippen molar-refractivity contribution in [3.05, 3.63) is 34.3 Å². The zero-order valence-electron chi connectivity index (χ0n) is 21.6. The average molecular weight is 550 g/mol. The Morgan fingerprint density at radius 2 is 1.84 bits per heavy atom. The second-order valence-electron chi connectivity index (χ2n) is 10.1. The highest BCUT2D eigenvalue weighted by molar-refractivity contribution is 6.34. The number of hydrogen-bond acceptors (Lipinski definition) is 8. The Balaban J connectivity index is 1.68. The van der Waals surface area contributed by atoms with E-state index in [1.807, 2.05) is 14.1 Å². The van der Waals surface area contributed by atoms with E-state index in [0.29, 0.717) is 29.8 Å². The molecule has 0 radical (unpaired) electrons. The van der Waals surface area contributed by atoms with Gasteiger partial charge >= 0.3 is 12.2 Å². The molecule has 3 aromatic rings. The standard InChI is InChI=1S/C26H31ClF3N7O/c1-14-11-21(31)34-23(22(14)26(28,29)30)15-13-18-16(12-17(15)27)24(37-9-7-32-8-10-37)35-25(33-18)38-20-6-4-5-19(20)36(2)3/h11-13,19-20,32H,4-10H2,1-3H3,(H2,31,34). The number of nitrogens with zero attached hydrogens (tertiary/aromatic N) is 5. The van der Waals surface area contributed by atoms with Crippen LogP contribution in [0.4, 0.5) is 24.8 Å². The van der Waals surface area contributed by atoms with Gasteiger partial charge in [-0.25, -0.2) is 4.98 Å². The van der Waals surface area contributed by atoms with Crippen molar-refractivity contribution in [3.8, 4) is 17.3 Å². The van der Waals surface area contributed by atoms with Gasteiger partial charge in [0.05, 0.1) is 21.8 Å². The maximum absolute atomic E-state index is 14.1. The fourth-order valence-electron chi connectivity index (χ4n) is 5.48. The lowest BCUT2D eigenvalue weighted by Crippen LogP contribution is -2.44. The highest BCUT2D eigenvalue weighted by atomic mass is 35.5. The molecule has 1 aromatic carbocycles. The molecular formula is C26H31ClF3N7O. The van der Waals surface area contributed by atoms with Crippen LogP contribution in [0.1, 0.15) is 30.4 Å². The summed E-state index contributed by atoms with van der Waals surface area (Å²) in [6.45, 7) is 4.34. The number of fused-ring (bicyclic) bond motifs is 1. The average Bonchev–Trinajstić information content (AvgIpc) is 3.31. The Bertz CT molecular complexity index is 1340. The molecule has 3 heterocycles. The van der Waals surface area contributed by atoms with Gasteiger partial charge in [0.25, 0.3) is 0 Å². The number of aromatic nitrogens is 3. The number of nitrogens with two attached hydrogens (primary N) is 1. The van der Waals surface area contributed by atoms with Gasteiger partial charge in [-0.3, -0.25) is 0 Å². The molecule has 204 valence electrons. The Kier molecular flexibility index (Phi) is 7.27. The van der Waals surface area contributed by atoms with Crippen LogP contribution in [0.25, 0.3) is 22.2 Å². The smallest absolute Gasteiger partial charge is 0.418 e. The number of piperazine rings is 1. The van der Waals surface area contributed by atoms with Crippen molar-refractivity contribution in [3.63, 3.8) is 0 Å². The first-order valence-electron chi connectivity index (χ1n) is 12.7. The zero-order valence-corrected chi connectivity index (χ0v) is 22.3. The van der Waals surface area contributed by atoms with Gasteiger partial charge in [-0.15, -0.1) is 0 Å². The predicted octanol–water partition coefficient (Wildman–Crippen LogP) is 4.53. The molecule has 12 heteroatoms. The van der Waals surface area contributed by atoms with Crippen LogP contribution in [0.2, 0.25) is 5.02 Å². The lowest BCUT2D eigenvalue weighted by molar-refractivity contribution is -0.137. The number of hydrogen-bond donors (Lipinski definition) is 2. The molecule has 1 aliphatic carbocycles. The number of nitrogens with one attached hydrogen (secondary N) is 1. The van der Waals surface area contributed by atoms with Crippen LogP contribution in [0.15, 0.2) is 18.2 Å². The summed E-state index contributed by atoms with van der Waals surface area (Å²) in [6, 6.07) is 4.79.